The molecule has 0 spiro atoms. The molecule has 108 valence electrons. The quantitative estimate of drug-likeness (QED) is 0.889. The molecule has 4 heteroatoms. The summed E-state index contributed by atoms with van der Waals surface area (Å²) in [6.45, 7) is 1.80. The van der Waals surface area contributed by atoms with Gasteiger partial charge in [-0.05, 0) is 30.2 Å². The minimum absolute atomic E-state index is 0.0667. The first kappa shape index (κ1) is 13.6. The van der Waals surface area contributed by atoms with E-state index in [9.17, 15) is 15.0 Å². The molecule has 1 aliphatic heterocycles. The second-order valence-corrected chi connectivity index (χ2v) is 5.29. The molecule has 0 aliphatic carbocycles. The van der Waals surface area contributed by atoms with E-state index in [0.717, 1.165) is 16.7 Å². The van der Waals surface area contributed by atoms with E-state index < -0.39 is 12.3 Å². The molecule has 0 bridgehead atoms. The first-order chi connectivity index (χ1) is 10.1. The van der Waals surface area contributed by atoms with E-state index in [4.69, 9.17) is 4.74 Å². The van der Waals surface area contributed by atoms with E-state index >= 15 is 0 Å². The van der Waals surface area contributed by atoms with Crippen molar-refractivity contribution in [3.63, 3.8) is 0 Å². The van der Waals surface area contributed by atoms with Crippen LogP contribution in [0.15, 0.2) is 42.5 Å². The largest absolute Gasteiger partial charge is 0.478 e. The molecule has 0 amide bonds. The van der Waals surface area contributed by atoms with Gasteiger partial charge in [-0.15, -0.1) is 0 Å². The van der Waals surface area contributed by atoms with Crippen molar-refractivity contribution in [2.75, 3.05) is 0 Å². The highest BCUT2D eigenvalue weighted by molar-refractivity contribution is 5.88. The molecule has 2 unspecified atom stereocenters. The van der Waals surface area contributed by atoms with E-state index in [-0.39, 0.29) is 11.5 Å². The Balaban J connectivity index is 2.16. The Hall–Kier alpha value is -2.33. The lowest BCUT2D eigenvalue weighted by atomic mass is 9.84. The monoisotopic (exact) mass is 284 g/mol. The van der Waals surface area contributed by atoms with Crippen LogP contribution in [-0.2, 0) is 0 Å². The summed E-state index contributed by atoms with van der Waals surface area (Å²) in [5.41, 5.74) is 2.84. The second kappa shape index (κ2) is 5.22. The molecule has 0 aromatic heterocycles. The number of aliphatic hydroxyl groups excluding tert-OH is 1. The Kier molecular flexibility index (Phi) is 3.39. The van der Waals surface area contributed by atoms with Crippen LogP contribution < -0.4 is 4.74 Å². The number of hydrogen-bond donors (Lipinski definition) is 2. The molecule has 1 aliphatic rings. The van der Waals surface area contributed by atoms with Gasteiger partial charge in [-0.3, -0.25) is 0 Å². The molecule has 1 heterocycles. The number of carboxylic acids is 1. The van der Waals surface area contributed by atoms with Crippen molar-refractivity contribution in [1.29, 1.82) is 0 Å². The van der Waals surface area contributed by atoms with E-state index in [1.54, 1.807) is 19.1 Å². The van der Waals surface area contributed by atoms with Crippen LogP contribution in [0.2, 0.25) is 0 Å². The van der Waals surface area contributed by atoms with Crippen molar-refractivity contribution in [1.82, 2.24) is 0 Å². The molecular weight excluding hydrogens is 268 g/mol. The van der Waals surface area contributed by atoms with Crippen molar-refractivity contribution < 1.29 is 19.7 Å². The van der Waals surface area contributed by atoms with Crippen LogP contribution in [0.1, 0.15) is 39.4 Å². The highest BCUT2D eigenvalue weighted by atomic mass is 16.6. The van der Waals surface area contributed by atoms with Crippen LogP contribution in [0, 0.1) is 6.92 Å². The van der Waals surface area contributed by atoms with Gasteiger partial charge in [-0.1, -0.05) is 30.3 Å². The van der Waals surface area contributed by atoms with Crippen molar-refractivity contribution in [3.8, 4) is 5.75 Å². The molecule has 3 rings (SSSR count). The Bertz CT molecular complexity index is 679. The van der Waals surface area contributed by atoms with Crippen LogP contribution in [-0.4, -0.2) is 22.5 Å². The van der Waals surface area contributed by atoms with E-state index in [1.165, 1.54) is 0 Å². The number of benzene rings is 2. The lowest BCUT2D eigenvalue weighted by Crippen LogP contribution is -2.26. The minimum atomic E-state index is -0.959. The lowest BCUT2D eigenvalue weighted by molar-refractivity contribution is -0.0364. The Morgan fingerprint density at radius 1 is 1.24 bits per heavy atom. The smallest absolute Gasteiger partial charge is 0.335 e. The normalized spacial score (nSPS) is 20.5. The third kappa shape index (κ3) is 2.50. The molecule has 4 nitrogen and oxygen atoms in total. The summed E-state index contributed by atoms with van der Waals surface area (Å²) < 4.78 is 5.51. The summed E-state index contributed by atoms with van der Waals surface area (Å²) in [5.74, 6) is -0.436. The second-order valence-electron chi connectivity index (χ2n) is 5.29. The summed E-state index contributed by atoms with van der Waals surface area (Å²) in [7, 11) is 0. The van der Waals surface area contributed by atoms with E-state index in [2.05, 4.69) is 0 Å². The third-order valence-corrected chi connectivity index (χ3v) is 3.82. The van der Waals surface area contributed by atoms with Gasteiger partial charge in [0.25, 0.3) is 0 Å². The van der Waals surface area contributed by atoms with Crippen LogP contribution in [0.25, 0.3) is 0 Å². The van der Waals surface area contributed by atoms with Crippen LogP contribution in [0.3, 0.4) is 0 Å². The van der Waals surface area contributed by atoms with E-state index in [0.29, 0.717) is 12.2 Å². The van der Waals surface area contributed by atoms with Crippen LogP contribution in [0.5, 0.6) is 5.75 Å². The maximum absolute atomic E-state index is 11.3. The molecule has 2 atom stereocenters. The summed E-state index contributed by atoms with van der Waals surface area (Å²) in [4.78, 5) is 11.3. The fourth-order valence-electron chi connectivity index (χ4n) is 2.86. The zero-order chi connectivity index (χ0) is 15.0. The maximum atomic E-state index is 11.3. The topological polar surface area (TPSA) is 66.8 Å². The summed E-state index contributed by atoms with van der Waals surface area (Å²) >= 11 is 0. The predicted octanol–water partition coefficient (Wildman–Crippen LogP) is 2.93. The Morgan fingerprint density at radius 3 is 2.62 bits per heavy atom. The first-order valence-electron chi connectivity index (χ1n) is 6.83. The number of hydrogen-bond acceptors (Lipinski definition) is 3. The number of fused-ring (bicyclic) bond motifs is 1. The Labute approximate surface area is 122 Å². The summed E-state index contributed by atoms with van der Waals surface area (Å²) in [6.07, 6.45) is -0.462. The zero-order valence-corrected chi connectivity index (χ0v) is 11.6. The van der Waals surface area contributed by atoms with Gasteiger partial charge in [0.15, 0.2) is 6.29 Å². The molecule has 0 saturated carbocycles. The molecule has 2 aromatic carbocycles. The zero-order valence-electron chi connectivity index (χ0n) is 11.6. The SMILES string of the molecule is Cc1cc(C(=O)O)cc2c1OC(O)CC2c1ccccc1. The van der Waals surface area contributed by atoms with Gasteiger partial charge in [-0.2, -0.15) is 0 Å². The number of carbonyl (C=O) groups is 1. The predicted molar refractivity (Wildman–Crippen MR) is 77.7 cm³/mol. The number of aryl methyl sites for hydroxylation is 1. The average molecular weight is 284 g/mol. The van der Waals surface area contributed by atoms with Crippen molar-refractivity contribution in [3.05, 3.63) is 64.7 Å². The van der Waals surface area contributed by atoms with Crippen LogP contribution >= 0.6 is 0 Å². The fraction of sp³-hybridized carbons (Fsp3) is 0.235. The molecular formula is C17H16O4. The van der Waals surface area contributed by atoms with Gasteiger partial charge in [0.2, 0.25) is 0 Å². The number of ether oxygens (including phenoxy) is 1. The number of aliphatic hydroxyl groups is 1. The van der Waals surface area contributed by atoms with Gasteiger partial charge in [-0.25, -0.2) is 4.79 Å². The highest BCUT2D eigenvalue weighted by Gasteiger charge is 2.30. The van der Waals surface area contributed by atoms with Gasteiger partial charge in [0.05, 0.1) is 5.56 Å². The van der Waals surface area contributed by atoms with Crippen molar-refractivity contribution >= 4 is 5.97 Å². The maximum Gasteiger partial charge on any atom is 0.335 e. The lowest BCUT2D eigenvalue weighted by Gasteiger charge is -2.31. The van der Waals surface area contributed by atoms with Gasteiger partial charge < -0.3 is 14.9 Å². The van der Waals surface area contributed by atoms with Gasteiger partial charge in [0, 0.05) is 17.9 Å². The van der Waals surface area contributed by atoms with Crippen molar-refractivity contribution in [2.45, 2.75) is 25.6 Å². The summed E-state index contributed by atoms with van der Waals surface area (Å²) in [6, 6.07) is 13.0. The standard InChI is InChI=1S/C17H16O4/c1-10-7-12(17(19)20)8-14-13(9-15(18)21-16(10)14)11-5-3-2-4-6-11/h2-8,13,15,18H,9H2,1H3,(H,19,20). The molecule has 0 saturated heterocycles. The third-order valence-electron chi connectivity index (χ3n) is 3.82. The summed E-state index contributed by atoms with van der Waals surface area (Å²) in [5, 5.41) is 19.2. The fourth-order valence-corrected chi connectivity index (χ4v) is 2.86. The Morgan fingerprint density at radius 2 is 1.95 bits per heavy atom. The molecule has 0 radical (unpaired) electrons. The molecule has 0 fully saturated rings. The molecule has 2 N–H and O–H groups in total. The number of carboxylic acid groups (broad SMARTS) is 1. The highest BCUT2D eigenvalue weighted by Crippen LogP contribution is 2.42. The van der Waals surface area contributed by atoms with Gasteiger partial charge >= 0.3 is 5.97 Å². The van der Waals surface area contributed by atoms with Crippen molar-refractivity contribution in [2.24, 2.45) is 0 Å². The molecule has 2 aromatic rings. The number of aromatic carboxylic acids is 1. The van der Waals surface area contributed by atoms with Crippen LogP contribution in [0.4, 0.5) is 0 Å². The number of rotatable bonds is 2. The average Bonchev–Trinajstić information content (AvgIpc) is 2.48. The van der Waals surface area contributed by atoms with E-state index in [1.807, 2.05) is 30.3 Å². The molecule has 21 heavy (non-hydrogen) atoms. The van der Waals surface area contributed by atoms with Gasteiger partial charge in [0.1, 0.15) is 5.75 Å². The minimum Gasteiger partial charge on any atom is -0.478 e. The first-order valence-corrected chi connectivity index (χ1v) is 6.83.